The molecule has 86 valence electrons. The second kappa shape index (κ2) is 4.46. The van der Waals surface area contributed by atoms with E-state index in [1.807, 2.05) is 0 Å². The molecule has 0 amide bonds. The van der Waals surface area contributed by atoms with Crippen molar-refractivity contribution < 1.29 is 0 Å². The molecule has 3 heteroatoms. The van der Waals surface area contributed by atoms with Gasteiger partial charge in [0.15, 0.2) is 0 Å². The summed E-state index contributed by atoms with van der Waals surface area (Å²) in [5, 5.41) is 0.536. The van der Waals surface area contributed by atoms with Crippen molar-refractivity contribution in [3.8, 4) is 0 Å². The Labute approximate surface area is 106 Å². The Bertz CT molecular complexity index is 539. The maximum atomic E-state index is 5.91. The lowest BCUT2D eigenvalue weighted by Crippen LogP contribution is -2.15. The van der Waals surface area contributed by atoms with Gasteiger partial charge in [-0.3, -0.25) is 0 Å². The minimum absolute atomic E-state index is 0.406. The van der Waals surface area contributed by atoms with Crippen LogP contribution in [0.25, 0.3) is 0 Å². The molecule has 1 aromatic heterocycles. The highest BCUT2D eigenvalue weighted by Crippen LogP contribution is 2.30. The van der Waals surface area contributed by atoms with Gasteiger partial charge in [-0.05, 0) is 36.5 Å². The number of benzene rings is 1. The minimum Gasteiger partial charge on any atom is -0.241 e. The van der Waals surface area contributed by atoms with Crippen LogP contribution in [-0.2, 0) is 12.8 Å². The van der Waals surface area contributed by atoms with E-state index >= 15 is 0 Å². The molecule has 1 atom stereocenters. The van der Waals surface area contributed by atoms with E-state index in [2.05, 4.69) is 34.2 Å². The highest BCUT2D eigenvalue weighted by atomic mass is 35.5. The number of hydrogen-bond donors (Lipinski definition) is 0. The Hall–Kier alpha value is -1.41. The highest BCUT2D eigenvalue weighted by molar-refractivity contribution is 6.29. The van der Waals surface area contributed by atoms with E-state index < -0.39 is 0 Å². The molecule has 1 aromatic carbocycles. The fraction of sp³-hybridized carbons (Fsp3) is 0.286. The van der Waals surface area contributed by atoms with Gasteiger partial charge in [-0.2, -0.15) is 0 Å². The summed E-state index contributed by atoms with van der Waals surface area (Å²) in [6, 6.07) is 10.3. The van der Waals surface area contributed by atoms with Crippen molar-refractivity contribution in [1.29, 1.82) is 0 Å². The second-order valence-electron chi connectivity index (χ2n) is 4.45. The van der Waals surface area contributed by atoms with Crippen molar-refractivity contribution in [2.45, 2.75) is 25.2 Å². The molecular formula is C14H13ClN2. The van der Waals surface area contributed by atoms with Gasteiger partial charge in [-0.1, -0.05) is 35.9 Å². The lowest BCUT2D eigenvalue weighted by Gasteiger charge is -2.23. The topological polar surface area (TPSA) is 25.8 Å². The van der Waals surface area contributed by atoms with E-state index in [9.17, 15) is 0 Å². The van der Waals surface area contributed by atoms with Gasteiger partial charge in [0.1, 0.15) is 11.0 Å². The molecule has 0 bridgehead atoms. The molecule has 0 fully saturated rings. The van der Waals surface area contributed by atoms with Crippen molar-refractivity contribution in [3.63, 3.8) is 0 Å². The van der Waals surface area contributed by atoms with E-state index in [4.69, 9.17) is 11.6 Å². The van der Waals surface area contributed by atoms with Gasteiger partial charge < -0.3 is 0 Å². The highest BCUT2D eigenvalue weighted by Gasteiger charge is 2.21. The first kappa shape index (κ1) is 10.7. The van der Waals surface area contributed by atoms with Crippen LogP contribution in [0, 0.1) is 0 Å². The third-order valence-electron chi connectivity index (χ3n) is 3.35. The van der Waals surface area contributed by atoms with Crippen LogP contribution in [0.15, 0.2) is 36.5 Å². The van der Waals surface area contributed by atoms with Gasteiger partial charge in [-0.25, -0.2) is 9.97 Å². The summed E-state index contributed by atoms with van der Waals surface area (Å²) in [5.41, 5.74) is 2.89. The van der Waals surface area contributed by atoms with Gasteiger partial charge in [0.25, 0.3) is 0 Å². The molecule has 17 heavy (non-hydrogen) atoms. The minimum atomic E-state index is 0.406. The number of hydrogen-bond acceptors (Lipinski definition) is 2. The fourth-order valence-electron chi connectivity index (χ4n) is 2.47. The van der Waals surface area contributed by atoms with Crippen LogP contribution < -0.4 is 0 Å². The maximum Gasteiger partial charge on any atom is 0.133 e. The summed E-state index contributed by atoms with van der Waals surface area (Å²) in [7, 11) is 0. The van der Waals surface area contributed by atoms with E-state index in [1.54, 1.807) is 12.3 Å². The standard InChI is InChI=1S/C14H13ClN2/c15-13-7-8-16-14(17-13)12-6-5-10-3-1-2-4-11(10)9-12/h1-4,7-8,12H,5-6,9H2. The summed E-state index contributed by atoms with van der Waals surface area (Å²) < 4.78 is 0. The van der Waals surface area contributed by atoms with E-state index in [1.165, 1.54) is 11.1 Å². The van der Waals surface area contributed by atoms with Crippen molar-refractivity contribution >= 4 is 11.6 Å². The molecule has 0 aliphatic heterocycles. The summed E-state index contributed by atoms with van der Waals surface area (Å²) in [5.74, 6) is 1.29. The van der Waals surface area contributed by atoms with Gasteiger partial charge in [0.2, 0.25) is 0 Å². The first-order valence-corrected chi connectivity index (χ1v) is 6.26. The Morgan fingerprint density at radius 2 is 1.94 bits per heavy atom. The maximum absolute atomic E-state index is 5.91. The van der Waals surface area contributed by atoms with Gasteiger partial charge >= 0.3 is 0 Å². The summed E-state index contributed by atoms with van der Waals surface area (Å²) >= 11 is 5.91. The number of fused-ring (bicyclic) bond motifs is 1. The molecule has 3 rings (SSSR count). The van der Waals surface area contributed by atoms with Crippen LogP contribution in [0.5, 0.6) is 0 Å². The zero-order valence-corrected chi connectivity index (χ0v) is 10.2. The Morgan fingerprint density at radius 3 is 2.76 bits per heavy atom. The van der Waals surface area contributed by atoms with Crippen LogP contribution in [0.3, 0.4) is 0 Å². The monoisotopic (exact) mass is 244 g/mol. The number of aryl methyl sites for hydroxylation is 1. The average molecular weight is 245 g/mol. The number of halogens is 1. The molecule has 0 saturated heterocycles. The van der Waals surface area contributed by atoms with Crippen LogP contribution in [0.2, 0.25) is 5.15 Å². The third-order valence-corrected chi connectivity index (χ3v) is 3.56. The number of nitrogens with zero attached hydrogens (tertiary/aromatic N) is 2. The molecule has 1 aliphatic carbocycles. The smallest absolute Gasteiger partial charge is 0.133 e. The Kier molecular flexibility index (Phi) is 2.81. The van der Waals surface area contributed by atoms with Crippen LogP contribution in [0.4, 0.5) is 0 Å². The predicted molar refractivity (Wildman–Crippen MR) is 68.3 cm³/mol. The van der Waals surface area contributed by atoms with Crippen molar-refractivity contribution in [2.24, 2.45) is 0 Å². The summed E-state index contributed by atoms with van der Waals surface area (Å²) in [6.45, 7) is 0. The Balaban J connectivity index is 1.89. The molecular weight excluding hydrogens is 232 g/mol. The van der Waals surface area contributed by atoms with Crippen molar-refractivity contribution in [2.75, 3.05) is 0 Å². The molecule has 2 aromatic rings. The number of rotatable bonds is 1. The quantitative estimate of drug-likeness (QED) is 0.719. The number of aromatic nitrogens is 2. The van der Waals surface area contributed by atoms with Crippen LogP contribution in [-0.4, -0.2) is 9.97 Å². The van der Waals surface area contributed by atoms with Crippen molar-refractivity contribution in [3.05, 3.63) is 58.6 Å². The molecule has 1 aliphatic rings. The first-order chi connectivity index (χ1) is 8.33. The SMILES string of the molecule is Clc1ccnc(C2CCc3ccccc3C2)n1. The Morgan fingerprint density at radius 1 is 1.12 bits per heavy atom. The van der Waals surface area contributed by atoms with E-state index in [0.717, 1.165) is 25.1 Å². The van der Waals surface area contributed by atoms with Gasteiger partial charge in [0, 0.05) is 12.1 Å². The zero-order chi connectivity index (χ0) is 11.7. The lowest BCUT2D eigenvalue weighted by atomic mass is 9.83. The average Bonchev–Trinajstić information content (AvgIpc) is 2.38. The normalized spacial score (nSPS) is 18.8. The first-order valence-electron chi connectivity index (χ1n) is 5.88. The second-order valence-corrected chi connectivity index (χ2v) is 4.83. The zero-order valence-electron chi connectivity index (χ0n) is 9.44. The molecule has 0 saturated carbocycles. The largest absolute Gasteiger partial charge is 0.241 e. The molecule has 0 N–H and O–H groups in total. The molecule has 0 radical (unpaired) electrons. The fourth-order valence-corrected chi connectivity index (χ4v) is 2.61. The molecule has 0 spiro atoms. The predicted octanol–water partition coefficient (Wildman–Crippen LogP) is 3.40. The van der Waals surface area contributed by atoms with Gasteiger partial charge in [-0.15, -0.1) is 0 Å². The van der Waals surface area contributed by atoms with Crippen LogP contribution in [0.1, 0.15) is 29.3 Å². The lowest BCUT2D eigenvalue weighted by molar-refractivity contribution is 0.555. The molecule has 1 unspecified atom stereocenters. The van der Waals surface area contributed by atoms with Crippen LogP contribution >= 0.6 is 11.6 Å². The van der Waals surface area contributed by atoms with Gasteiger partial charge in [0.05, 0.1) is 0 Å². The van der Waals surface area contributed by atoms with E-state index in [-0.39, 0.29) is 0 Å². The summed E-state index contributed by atoms with van der Waals surface area (Å²) in [6.07, 6.45) is 4.98. The van der Waals surface area contributed by atoms with Crippen molar-refractivity contribution in [1.82, 2.24) is 9.97 Å². The molecule has 1 heterocycles. The summed E-state index contributed by atoms with van der Waals surface area (Å²) in [4.78, 5) is 8.66. The molecule has 2 nitrogen and oxygen atoms in total. The van der Waals surface area contributed by atoms with E-state index in [0.29, 0.717) is 11.1 Å². The third kappa shape index (κ3) is 2.18.